The van der Waals surface area contributed by atoms with Gasteiger partial charge in [0.1, 0.15) is 5.75 Å². The number of benzene rings is 3. The highest BCUT2D eigenvalue weighted by Gasteiger charge is 2.38. The molecule has 0 saturated carbocycles. The van der Waals surface area contributed by atoms with E-state index >= 15 is 0 Å². The van der Waals surface area contributed by atoms with Crippen molar-refractivity contribution in [2.24, 2.45) is 0 Å². The molecule has 35 heavy (non-hydrogen) atoms. The minimum atomic E-state index is -3.96. The molecular formula is C26H23ClN2O5S. The van der Waals surface area contributed by atoms with E-state index in [4.69, 9.17) is 16.3 Å². The van der Waals surface area contributed by atoms with E-state index < -0.39 is 20.6 Å². The number of rotatable bonds is 8. The third-order valence-corrected chi connectivity index (χ3v) is 7.94. The molecule has 0 bridgehead atoms. The number of ether oxygens (including phenoxy) is 1. The van der Waals surface area contributed by atoms with Crippen molar-refractivity contribution in [3.05, 3.63) is 88.8 Å². The third kappa shape index (κ3) is 4.94. The van der Waals surface area contributed by atoms with Crippen LogP contribution in [0.15, 0.2) is 82.6 Å². The quantitative estimate of drug-likeness (QED) is 0.446. The van der Waals surface area contributed by atoms with E-state index in [1.165, 1.54) is 6.07 Å². The molecule has 0 unspecified atom stereocenters. The van der Waals surface area contributed by atoms with Crippen molar-refractivity contribution >= 4 is 38.3 Å². The molecule has 7 nitrogen and oxygen atoms in total. The van der Waals surface area contributed by atoms with E-state index in [-0.39, 0.29) is 22.4 Å². The van der Waals surface area contributed by atoms with Gasteiger partial charge in [0, 0.05) is 29.8 Å². The van der Waals surface area contributed by atoms with E-state index in [9.17, 15) is 18.0 Å². The Kier molecular flexibility index (Phi) is 7.23. The lowest BCUT2D eigenvalue weighted by Crippen LogP contribution is -2.31. The van der Waals surface area contributed by atoms with Crippen LogP contribution in [0.25, 0.3) is 16.2 Å². The predicted molar refractivity (Wildman–Crippen MR) is 135 cm³/mol. The Hall–Kier alpha value is -3.62. The average Bonchev–Trinajstić information content (AvgIpc) is 3.08. The summed E-state index contributed by atoms with van der Waals surface area (Å²) in [5.41, 5.74) is 2.68. The number of methoxy groups -OCH3 is 1. The first-order valence-corrected chi connectivity index (χ1v) is 12.7. The largest absolute Gasteiger partial charge is 0.496 e. The molecule has 2 amide bonds. The molecule has 1 aliphatic rings. The van der Waals surface area contributed by atoms with Gasteiger partial charge < -0.3 is 15.4 Å². The van der Waals surface area contributed by atoms with Gasteiger partial charge in [-0.1, -0.05) is 60.1 Å². The smallest absolute Gasteiger partial charge is 0.264 e. The second-order valence-corrected chi connectivity index (χ2v) is 10.0. The highest BCUT2D eigenvalue weighted by Crippen LogP contribution is 2.41. The lowest BCUT2D eigenvalue weighted by molar-refractivity contribution is -0.116. The number of halogens is 1. The van der Waals surface area contributed by atoms with Crippen molar-refractivity contribution < 1.29 is 22.7 Å². The number of para-hydroxylation sites is 1. The van der Waals surface area contributed by atoms with Crippen LogP contribution >= 0.6 is 11.6 Å². The Morgan fingerprint density at radius 2 is 1.43 bits per heavy atom. The molecule has 0 saturated heterocycles. The monoisotopic (exact) mass is 510 g/mol. The van der Waals surface area contributed by atoms with Crippen LogP contribution < -0.4 is 15.4 Å². The molecule has 1 aliphatic heterocycles. The van der Waals surface area contributed by atoms with Crippen LogP contribution in [0.5, 0.6) is 5.75 Å². The van der Waals surface area contributed by atoms with Gasteiger partial charge in [0.15, 0.2) is 4.91 Å². The minimum absolute atomic E-state index is 0.0270. The molecule has 3 aromatic carbocycles. The van der Waals surface area contributed by atoms with E-state index in [0.717, 1.165) is 16.9 Å². The van der Waals surface area contributed by atoms with Gasteiger partial charge in [-0.25, -0.2) is 8.42 Å². The third-order valence-electron chi connectivity index (χ3n) is 5.58. The SMILES string of the molecule is COc1ccccc1-c1ccc(C(=O)NCCCNC(=O)C2=C(Cl)c3ccccc3S2(=O)=O)cc1. The molecule has 0 aromatic heterocycles. The molecule has 9 heteroatoms. The maximum atomic E-state index is 12.7. The van der Waals surface area contributed by atoms with Gasteiger partial charge in [-0.15, -0.1) is 0 Å². The molecule has 2 N–H and O–H groups in total. The zero-order valence-electron chi connectivity index (χ0n) is 18.9. The Labute approximate surface area is 208 Å². The van der Waals surface area contributed by atoms with Gasteiger partial charge in [0.05, 0.1) is 17.0 Å². The van der Waals surface area contributed by atoms with Crippen molar-refractivity contribution in [2.45, 2.75) is 11.3 Å². The van der Waals surface area contributed by atoms with Crippen LogP contribution in [0, 0.1) is 0 Å². The molecule has 0 atom stereocenters. The van der Waals surface area contributed by atoms with Crippen molar-refractivity contribution in [3.63, 3.8) is 0 Å². The van der Waals surface area contributed by atoms with E-state index in [0.29, 0.717) is 24.1 Å². The molecule has 0 radical (unpaired) electrons. The maximum Gasteiger partial charge on any atom is 0.264 e. The van der Waals surface area contributed by atoms with Crippen molar-refractivity contribution in [2.75, 3.05) is 20.2 Å². The Morgan fingerprint density at radius 1 is 0.829 bits per heavy atom. The number of fused-ring (bicyclic) bond motifs is 1. The highest BCUT2D eigenvalue weighted by molar-refractivity contribution is 7.97. The van der Waals surface area contributed by atoms with E-state index in [1.807, 2.05) is 36.4 Å². The highest BCUT2D eigenvalue weighted by atomic mass is 35.5. The molecule has 0 aliphatic carbocycles. The van der Waals surface area contributed by atoms with Gasteiger partial charge in [-0.3, -0.25) is 9.59 Å². The molecule has 0 fully saturated rings. The van der Waals surface area contributed by atoms with E-state index in [2.05, 4.69) is 10.6 Å². The second-order valence-electron chi connectivity index (χ2n) is 7.79. The number of nitrogens with one attached hydrogen (secondary N) is 2. The van der Waals surface area contributed by atoms with Crippen LogP contribution in [-0.4, -0.2) is 40.4 Å². The van der Waals surface area contributed by atoms with Gasteiger partial charge in [-0.05, 0) is 36.2 Å². The number of hydrogen-bond donors (Lipinski definition) is 2. The number of hydrogen-bond acceptors (Lipinski definition) is 5. The Balaban J connectivity index is 1.28. The summed E-state index contributed by atoms with van der Waals surface area (Å²) in [7, 11) is -2.35. The predicted octanol–water partition coefficient (Wildman–Crippen LogP) is 3.99. The summed E-state index contributed by atoms with van der Waals surface area (Å²) in [6, 6.07) is 21.0. The van der Waals surface area contributed by atoms with Gasteiger partial charge in [0.25, 0.3) is 11.8 Å². The fourth-order valence-corrected chi connectivity index (χ4v) is 6.02. The first kappa shape index (κ1) is 24.5. The topological polar surface area (TPSA) is 102 Å². The normalized spacial score (nSPS) is 13.8. The molecule has 4 rings (SSSR count). The molecule has 1 heterocycles. The first-order chi connectivity index (χ1) is 16.8. The second kappa shape index (κ2) is 10.3. The summed E-state index contributed by atoms with van der Waals surface area (Å²) >= 11 is 6.18. The summed E-state index contributed by atoms with van der Waals surface area (Å²) in [6.45, 7) is 0.471. The standard InChI is InChI=1S/C26H23ClN2O5S/c1-34-21-9-4-2-7-19(21)17-11-13-18(14-12-17)25(30)28-15-6-16-29-26(31)24-23(27)20-8-3-5-10-22(20)35(24,32)33/h2-5,7-14H,6,15-16H2,1H3,(H,28,30)(H,29,31). The summed E-state index contributed by atoms with van der Waals surface area (Å²) < 4.78 is 30.7. The van der Waals surface area contributed by atoms with Crippen molar-refractivity contribution in [3.8, 4) is 16.9 Å². The van der Waals surface area contributed by atoms with Gasteiger partial charge >= 0.3 is 0 Å². The molecule has 0 spiro atoms. The average molecular weight is 511 g/mol. The van der Waals surface area contributed by atoms with Crippen LogP contribution in [0.3, 0.4) is 0 Å². The summed E-state index contributed by atoms with van der Waals surface area (Å²) in [6.07, 6.45) is 0.411. The van der Waals surface area contributed by atoms with Crippen LogP contribution in [-0.2, 0) is 14.6 Å². The summed E-state index contributed by atoms with van der Waals surface area (Å²) in [4.78, 5) is 24.6. The van der Waals surface area contributed by atoms with Crippen molar-refractivity contribution in [1.29, 1.82) is 0 Å². The summed E-state index contributed by atoms with van der Waals surface area (Å²) in [5.74, 6) is -0.259. The lowest BCUT2D eigenvalue weighted by atomic mass is 10.0. The van der Waals surface area contributed by atoms with Crippen molar-refractivity contribution in [1.82, 2.24) is 10.6 Å². The zero-order valence-corrected chi connectivity index (χ0v) is 20.4. The number of carbonyl (C=O) groups excluding carboxylic acids is 2. The molecular weight excluding hydrogens is 488 g/mol. The lowest BCUT2D eigenvalue weighted by Gasteiger charge is -2.10. The number of sulfone groups is 1. The number of amides is 2. The van der Waals surface area contributed by atoms with Gasteiger partial charge in [-0.2, -0.15) is 0 Å². The first-order valence-electron chi connectivity index (χ1n) is 10.9. The van der Waals surface area contributed by atoms with Crippen LogP contribution in [0.2, 0.25) is 0 Å². The zero-order chi connectivity index (χ0) is 25.0. The maximum absolute atomic E-state index is 12.7. The molecule has 3 aromatic rings. The Morgan fingerprint density at radius 3 is 2.09 bits per heavy atom. The van der Waals surface area contributed by atoms with Crippen LogP contribution in [0.4, 0.5) is 0 Å². The fraction of sp³-hybridized carbons (Fsp3) is 0.154. The Bertz CT molecular complexity index is 1420. The minimum Gasteiger partial charge on any atom is -0.496 e. The fourth-order valence-electron chi connectivity index (χ4n) is 3.81. The molecule has 180 valence electrons. The van der Waals surface area contributed by atoms with Crippen LogP contribution in [0.1, 0.15) is 22.3 Å². The van der Waals surface area contributed by atoms with E-state index in [1.54, 1.807) is 37.4 Å². The number of carbonyl (C=O) groups is 2. The summed E-state index contributed by atoms with van der Waals surface area (Å²) in [5, 5.41) is 5.28. The van der Waals surface area contributed by atoms with Gasteiger partial charge in [0.2, 0.25) is 9.84 Å².